The third-order valence-electron chi connectivity index (χ3n) is 6.66. The van der Waals surface area contributed by atoms with E-state index in [0.29, 0.717) is 30.8 Å². The number of halogens is 3. The number of hydrogen-bond acceptors (Lipinski definition) is 4. The Morgan fingerprint density at radius 2 is 1.80 bits per heavy atom. The lowest BCUT2D eigenvalue weighted by Crippen LogP contribution is -2.21. The number of unbranched alkanes of at least 4 members (excludes halogenated alkanes) is 1. The zero-order valence-electron chi connectivity index (χ0n) is 19.9. The molecular formula is C26H35F3NO3PS. The second-order valence-electron chi connectivity index (χ2n) is 9.13. The van der Waals surface area contributed by atoms with Crippen LogP contribution in [0.5, 0.6) is 0 Å². The van der Waals surface area contributed by atoms with Crippen LogP contribution in [0, 0.1) is 0 Å². The maximum atomic E-state index is 13.7. The molecule has 1 aliphatic rings. The molecule has 9 heteroatoms. The van der Waals surface area contributed by atoms with E-state index in [0.717, 1.165) is 19.3 Å². The summed E-state index contributed by atoms with van der Waals surface area (Å²) < 4.78 is 56.2. The molecular weight excluding hydrogens is 494 g/mol. The normalized spacial score (nSPS) is 16.5. The smallest absolute Gasteiger partial charge is 0.326 e. The monoisotopic (exact) mass is 529 g/mol. The zero-order chi connectivity index (χ0) is 25.2. The molecule has 1 atom stereocenters. The molecule has 1 saturated carbocycles. The second kappa shape index (κ2) is 13.8. The number of nitrogens with one attached hydrogen (secondary N) is 1. The second-order valence-corrected chi connectivity index (χ2v) is 11.1. The van der Waals surface area contributed by atoms with Crippen LogP contribution in [0.15, 0.2) is 53.4 Å². The molecule has 1 unspecified atom stereocenters. The summed E-state index contributed by atoms with van der Waals surface area (Å²) in [5.74, 6) is 0.666. The maximum Gasteiger partial charge on any atom is 0.417 e. The molecule has 2 aromatic rings. The molecule has 2 aromatic carbocycles. The van der Waals surface area contributed by atoms with Crippen LogP contribution in [-0.4, -0.2) is 23.8 Å². The van der Waals surface area contributed by atoms with Crippen molar-refractivity contribution in [2.75, 3.05) is 18.9 Å². The highest BCUT2D eigenvalue weighted by atomic mass is 32.2. The first-order valence-corrected chi connectivity index (χ1v) is 14.5. The summed E-state index contributed by atoms with van der Waals surface area (Å²) in [7, 11) is -2.94. The maximum absolute atomic E-state index is 13.7. The molecule has 0 bridgehead atoms. The summed E-state index contributed by atoms with van der Waals surface area (Å²) in [5.41, 5.74) is 1.62. The van der Waals surface area contributed by atoms with Gasteiger partial charge in [0.05, 0.1) is 12.2 Å². The van der Waals surface area contributed by atoms with E-state index in [9.17, 15) is 17.7 Å². The fraction of sp³-hybridized carbons (Fsp3) is 0.538. The molecule has 0 spiro atoms. The van der Waals surface area contributed by atoms with Gasteiger partial charge in [-0.3, -0.25) is 4.57 Å². The Kier molecular flexibility index (Phi) is 11.2. The highest BCUT2D eigenvalue weighted by Crippen LogP contribution is 2.45. The zero-order valence-corrected chi connectivity index (χ0v) is 21.7. The molecule has 3 rings (SSSR count). The van der Waals surface area contributed by atoms with Gasteiger partial charge in [-0.25, -0.2) is 0 Å². The van der Waals surface area contributed by atoms with Crippen LogP contribution in [0.2, 0.25) is 0 Å². The average Bonchev–Trinajstić information content (AvgIpc) is 3.31. The van der Waals surface area contributed by atoms with Crippen molar-refractivity contribution < 1.29 is 27.2 Å². The van der Waals surface area contributed by atoms with Crippen molar-refractivity contribution in [1.29, 1.82) is 0 Å². The summed E-state index contributed by atoms with van der Waals surface area (Å²) in [6, 6.07) is 15.2. The topological polar surface area (TPSA) is 58.6 Å². The van der Waals surface area contributed by atoms with E-state index in [1.165, 1.54) is 49.1 Å². The predicted octanol–water partition coefficient (Wildman–Crippen LogP) is 7.36. The first kappa shape index (κ1) is 28.3. The molecule has 1 fully saturated rings. The van der Waals surface area contributed by atoms with Gasteiger partial charge in [0.2, 0.25) is 0 Å². The Morgan fingerprint density at radius 3 is 2.49 bits per heavy atom. The minimum absolute atomic E-state index is 0.136. The van der Waals surface area contributed by atoms with Crippen LogP contribution >= 0.6 is 20.0 Å². The standard InChI is InChI=1S/C26H35F3NO3PS/c27-26(28,29)23-19-21(20-30-16-8-17-33-34(31)32)11-12-24(23)35-18-7-6-15-25(13-4-5-14-25)22-9-2-1-3-10-22/h1-3,9-12,19,30,34H,4-8,13-18,20H2,(H,31,32). The first-order valence-electron chi connectivity index (χ1n) is 12.3. The van der Waals surface area contributed by atoms with Crippen molar-refractivity contribution in [3.05, 3.63) is 65.2 Å². The van der Waals surface area contributed by atoms with Crippen molar-refractivity contribution >= 4 is 20.0 Å². The fourth-order valence-corrected chi connectivity index (χ4v) is 6.28. The highest BCUT2D eigenvalue weighted by molar-refractivity contribution is 7.99. The van der Waals surface area contributed by atoms with Gasteiger partial charge in [0.1, 0.15) is 0 Å². The molecule has 1 aliphatic carbocycles. The molecule has 0 aliphatic heterocycles. The lowest BCUT2D eigenvalue weighted by molar-refractivity contribution is -0.139. The Hall–Kier alpha value is -1.31. The van der Waals surface area contributed by atoms with Gasteiger partial charge in [-0.15, -0.1) is 11.8 Å². The summed E-state index contributed by atoms with van der Waals surface area (Å²) in [6.07, 6.45) is 4.00. The molecule has 4 nitrogen and oxygen atoms in total. The first-order chi connectivity index (χ1) is 16.8. The number of hydrogen-bond donors (Lipinski definition) is 2. The van der Waals surface area contributed by atoms with Crippen molar-refractivity contribution in [2.45, 2.75) is 74.4 Å². The number of alkyl halides is 3. The van der Waals surface area contributed by atoms with E-state index in [-0.39, 0.29) is 16.9 Å². The molecule has 0 radical (unpaired) electrons. The average molecular weight is 530 g/mol. The molecule has 35 heavy (non-hydrogen) atoms. The predicted molar refractivity (Wildman–Crippen MR) is 136 cm³/mol. The van der Waals surface area contributed by atoms with Crippen LogP contribution in [0.1, 0.15) is 68.1 Å². The van der Waals surface area contributed by atoms with Gasteiger partial charge in [-0.05, 0) is 73.1 Å². The summed E-state index contributed by atoms with van der Waals surface area (Å²) in [5, 5.41) is 3.05. The molecule has 0 heterocycles. The molecule has 194 valence electrons. The lowest BCUT2D eigenvalue weighted by atomic mass is 9.75. The lowest BCUT2D eigenvalue weighted by Gasteiger charge is -2.30. The molecule has 2 N–H and O–H groups in total. The molecule has 0 saturated heterocycles. The molecule has 0 aromatic heterocycles. The van der Waals surface area contributed by atoms with E-state index in [1.54, 1.807) is 12.1 Å². The Balaban J connectivity index is 1.48. The van der Waals surface area contributed by atoms with Gasteiger partial charge >= 0.3 is 14.4 Å². The minimum Gasteiger partial charge on any atom is -0.326 e. The van der Waals surface area contributed by atoms with E-state index in [1.807, 2.05) is 6.07 Å². The van der Waals surface area contributed by atoms with Gasteiger partial charge in [0.25, 0.3) is 0 Å². The van der Waals surface area contributed by atoms with Gasteiger partial charge in [-0.2, -0.15) is 13.2 Å². The van der Waals surface area contributed by atoms with Crippen LogP contribution in [0.4, 0.5) is 13.2 Å². The quantitative estimate of drug-likeness (QED) is 0.152. The van der Waals surface area contributed by atoms with E-state index in [2.05, 4.69) is 34.1 Å². The third kappa shape index (κ3) is 8.94. The fourth-order valence-electron chi connectivity index (χ4n) is 4.90. The minimum atomic E-state index is -4.40. The van der Waals surface area contributed by atoms with Crippen LogP contribution in [0.25, 0.3) is 0 Å². The van der Waals surface area contributed by atoms with Crippen molar-refractivity contribution in [3.63, 3.8) is 0 Å². The van der Waals surface area contributed by atoms with Crippen molar-refractivity contribution in [3.8, 4) is 0 Å². The summed E-state index contributed by atoms with van der Waals surface area (Å²) >= 11 is 1.29. The Labute approximate surface area is 211 Å². The largest absolute Gasteiger partial charge is 0.417 e. The summed E-state index contributed by atoms with van der Waals surface area (Å²) in [6.45, 7) is 0.915. The van der Waals surface area contributed by atoms with Gasteiger partial charge in [-0.1, -0.05) is 55.7 Å². The van der Waals surface area contributed by atoms with Crippen LogP contribution in [0.3, 0.4) is 0 Å². The third-order valence-corrected chi connectivity index (χ3v) is 8.27. The van der Waals surface area contributed by atoms with Crippen molar-refractivity contribution in [2.24, 2.45) is 0 Å². The number of thioether (sulfide) groups is 1. The Bertz CT molecular complexity index is 937. The van der Waals surface area contributed by atoms with Gasteiger partial charge < -0.3 is 14.7 Å². The van der Waals surface area contributed by atoms with Crippen LogP contribution in [-0.2, 0) is 27.2 Å². The van der Waals surface area contributed by atoms with E-state index >= 15 is 0 Å². The van der Waals surface area contributed by atoms with Crippen molar-refractivity contribution in [1.82, 2.24) is 5.32 Å². The van der Waals surface area contributed by atoms with Gasteiger partial charge in [0.15, 0.2) is 0 Å². The molecule has 0 amide bonds. The Morgan fingerprint density at radius 1 is 1.06 bits per heavy atom. The van der Waals surface area contributed by atoms with E-state index < -0.39 is 20.0 Å². The highest BCUT2D eigenvalue weighted by Gasteiger charge is 2.35. The van der Waals surface area contributed by atoms with Gasteiger partial charge in [0, 0.05) is 11.4 Å². The summed E-state index contributed by atoms with van der Waals surface area (Å²) in [4.78, 5) is 8.89. The van der Waals surface area contributed by atoms with E-state index in [4.69, 9.17) is 4.89 Å². The SMILES string of the molecule is O=[PH](O)OCCCNCc1ccc(SCCCCC2(c3ccccc3)CCCC2)c(C(F)(F)F)c1. The number of rotatable bonds is 14. The van der Waals surface area contributed by atoms with Crippen LogP contribution < -0.4 is 5.32 Å². The number of benzene rings is 2.